The van der Waals surface area contributed by atoms with Gasteiger partial charge in [0.05, 0.1) is 17.5 Å². The summed E-state index contributed by atoms with van der Waals surface area (Å²) in [4.78, 5) is 23.5. The van der Waals surface area contributed by atoms with Gasteiger partial charge in [-0.05, 0) is 30.5 Å². The Morgan fingerprint density at radius 3 is 2.72 bits per heavy atom. The number of alkyl halides is 3. The van der Waals surface area contributed by atoms with E-state index in [9.17, 15) is 23.2 Å². The van der Waals surface area contributed by atoms with Crippen LogP contribution in [0.5, 0.6) is 0 Å². The fourth-order valence-corrected chi connectivity index (χ4v) is 3.23. The van der Waals surface area contributed by atoms with Gasteiger partial charge in [0.1, 0.15) is 6.54 Å². The summed E-state index contributed by atoms with van der Waals surface area (Å²) in [7, 11) is 1.54. The van der Waals surface area contributed by atoms with Crippen molar-refractivity contribution in [2.75, 3.05) is 26.7 Å². The summed E-state index contributed by atoms with van der Waals surface area (Å²) in [6.45, 7) is 6.84. The van der Waals surface area contributed by atoms with Crippen LogP contribution in [0.4, 0.5) is 18.0 Å². The maximum absolute atomic E-state index is 13.1. The van der Waals surface area contributed by atoms with E-state index in [1.54, 1.807) is 36.6 Å². The average molecular weight is 539 g/mol. The number of guanidine groups is 1. The summed E-state index contributed by atoms with van der Waals surface area (Å²) in [6.07, 6.45) is 14.0. The largest absolute Gasteiger partial charge is 0.407 e. The number of nitriles is 1. The first-order valence-corrected chi connectivity index (χ1v) is 11.7. The van der Waals surface area contributed by atoms with Crippen LogP contribution in [0.1, 0.15) is 0 Å². The van der Waals surface area contributed by atoms with Gasteiger partial charge >= 0.3 is 12.2 Å². The summed E-state index contributed by atoms with van der Waals surface area (Å²) >= 11 is 0. The van der Waals surface area contributed by atoms with E-state index < -0.39 is 18.8 Å². The zero-order chi connectivity index (χ0) is 28.8. The number of nitrogens with one attached hydrogen (secondary N) is 3. The molecule has 9 nitrogen and oxygen atoms in total. The standard InChI is InChI=1S/C27H29F3N8O/c1-4-22(14-23(16-32)34-19-27(28,29)30)35-25(36-26(39)37(3)24-11-8-12-33-17-24)38(5-2)18-21-10-7-6-9-20(13-21)15-31/h4-11,13-14,16-17,21,32-33H,1-2,12,18-19H2,3H3,(H,35,36,39)/b22-14+,32-16?,34-23+. The van der Waals surface area contributed by atoms with Crippen molar-refractivity contribution < 1.29 is 18.0 Å². The fraction of sp³-hybridized carbons (Fsp3) is 0.222. The van der Waals surface area contributed by atoms with Crippen LogP contribution >= 0.6 is 0 Å². The summed E-state index contributed by atoms with van der Waals surface area (Å²) in [5.74, 6) is -0.290. The lowest BCUT2D eigenvalue weighted by molar-refractivity contribution is -0.118. The molecule has 1 atom stereocenters. The number of amides is 2. The minimum absolute atomic E-state index is 0.0148. The molecule has 0 fully saturated rings. The predicted octanol–water partition coefficient (Wildman–Crippen LogP) is 4.35. The van der Waals surface area contributed by atoms with Gasteiger partial charge in [0, 0.05) is 49.7 Å². The van der Waals surface area contributed by atoms with Crippen LogP contribution in [-0.2, 0) is 0 Å². The van der Waals surface area contributed by atoms with Crippen molar-refractivity contribution in [1.82, 2.24) is 20.4 Å². The average Bonchev–Trinajstić information content (AvgIpc) is 3.17. The van der Waals surface area contributed by atoms with Crippen LogP contribution in [0.25, 0.3) is 0 Å². The lowest BCUT2D eigenvalue weighted by Crippen LogP contribution is -2.41. The molecular formula is C27H29F3N8O. The first-order chi connectivity index (χ1) is 18.6. The quantitative estimate of drug-likeness (QED) is 0.229. The Morgan fingerprint density at radius 2 is 2.13 bits per heavy atom. The van der Waals surface area contributed by atoms with Gasteiger partial charge in [-0.2, -0.15) is 23.4 Å². The summed E-state index contributed by atoms with van der Waals surface area (Å²) in [6, 6.07) is 1.44. The predicted molar refractivity (Wildman–Crippen MR) is 147 cm³/mol. The number of hydrogen-bond acceptors (Lipinski definition) is 5. The molecule has 0 aromatic carbocycles. The molecule has 1 heterocycles. The molecule has 0 radical (unpaired) electrons. The molecule has 2 aliphatic rings. The SMILES string of the molecule is C=C/C(=C\C(C=N)=N/CC(F)(F)F)N/C(=N/C(=O)N(C)C1=CNCC=C1)N(C=C)CC1C=CC=CC(C#N)=C1. The third kappa shape index (κ3) is 10.2. The van der Waals surface area contributed by atoms with Crippen LogP contribution in [0.2, 0.25) is 0 Å². The summed E-state index contributed by atoms with van der Waals surface area (Å²) in [5, 5.41) is 22.7. The van der Waals surface area contributed by atoms with Gasteiger partial charge in [-0.25, -0.2) is 4.79 Å². The Kier molecular flexibility index (Phi) is 11.4. The van der Waals surface area contributed by atoms with Crippen LogP contribution in [0.15, 0.2) is 107 Å². The number of rotatable bonds is 9. The van der Waals surface area contributed by atoms with Crippen LogP contribution in [-0.4, -0.2) is 66.6 Å². The molecule has 0 saturated carbocycles. The van der Waals surface area contributed by atoms with Crippen LogP contribution in [0, 0.1) is 22.7 Å². The molecule has 39 heavy (non-hydrogen) atoms. The fourth-order valence-electron chi connectivity index (χ4n) is 3.23. The van der Waals surface area contributed by atoms with E-state index in [2.05, 4.69) is 39.8 Å². The molecule has 0 bridgehead atoms. The molecule has 2 rings (SSSR count). The van der Waals surface area contributed by atoms with Crippen molar-refractivity contribution in [3.8, 4) is 6.07 Å². The van der Waals surface area contributed by atoms with Gasteiger partial charge in [-0.15, -0.1) is 0 Å². The topological polar surface area (TPSA) is 120 Å². The maximum atomic E-state index is 13.1. The molecule has 0 aromatic rings. The van der Waals surface area contributed by atoms with Crippen molar-refractivity contribution >= 4 is 23.9 Å². The molecule has 1 aliphatic carbocycles. The maximum Gasteiger partial charge on any atom is 0.407 e. The van der Waals surface area contributed by atoms with Crippen molar-refractivity contribution in [1.29, 1.82) is 10.7 Å². The van der Waals surface area contributed by atoms with E-state index in [4.69, 9.17) is 5.41 Å². The second kappa shape index (κ2) is 14.7. The molecule has 0 spiro atoms. The highest BCUT2D eigenvalue weighted by molar-refractivity contribution is 6.35. The number of nitrogens with zero attached hydrogens (tertiary/aromatic N) is 5. The number of carbonyl (C=O) groups is 1. The zero-order valence-corrected chi connectivity index (χ0v) is 21.3. The van der Waals surface area contributed by atoms with E-state index in [-0.39, 0.29) is 29.8 Å². The second-order valence-corrected chi connectivity index (χ2v) is 8.06. The number of likely N-dealkylation sites (N-methyl/N-ethyl adjacent to an activating group) is 1. The highest BCUT2D eigenvalue weighted by Crippen LogP contribution is 2.16. The summed E-state index contributed by atoms with van der Waals surface area (Å²) < 4.78 is 37.9. The van der Waals surface area contributed by atoms with E-state index in [0.717, 1.165) is 0 Å². The molecule has 204 valence electrons. The molecule has 0 saturated heterocycles. The molecule has 3 N–H and O–H groups in total. The van der Waals surface area contributed by atoms with Gasteiger partial charge in [-0.1, -0.05) is 43.5 Å². The van der Waals surface area contributed by atoms with E-state index in [0.29, 0.717) is 24.0 Å². The monoisotopic (exact) mass is 538 g/mol. The Bertz CT molecular complexity index is 1240. The van der Waals surface area contributed by atoms with E-state index in [1.807, 2.05) is 12.2 Å². The molecule has 1 unspecified atom stereocenters. The third-order valence-electron chi connectivity index (χ3n) is 5.19. The minimum atomic E-state index is -4.54. The van der Waals surface area contributed by atoms with Gasteiger partial charge in [0.2, 0.25) is 5.96 Å². The van der Waals surface area contributed by atoms with Crippen molar-refractivity contribution in [3.63, 3.8) is 0 Å². The number of halogens is 3. The molecule has 12 heteroatoms. The Morgan fingerprint density at radius 1 is 1.36 bits per heavy atom. The Labute approximate surface area is 225 Å². The lowest BCUT2D eigenvalue weighted by atomic mass is 10.1. The van der Waals surface area contributed by atoms with E-state index in [1.165, 1.54) is 35.2 Å². The van der Waals surface area contributed by atoms with Crippen molar-refractivity contribution in [2.45, 2.75) is 6.18 Å². The molecule has 1 aliphatic heterocycles. The third-order valence-corrected chi connectivity index (χ3v) is 5.19. The number of dihydropyridines is 1. The normalized spacial score (nSPS) is 17.6. The lowest BCUT2D eigenvalue weighted by Gasteiger charge is -2.26. The molecule has 0 aromatic heterocycles. The van der Waals surface area contributed by atoms with Gasteiger partial charge in [0.15, 0.2) is 0 Å². The van der Waals surface area contributed by atoms with Gasteiger partial charge in [-0.3, -0.25) is 9.89 Å². The minimum Gasteiger partial charge on any atom is -0.386 e. The van der Waals surface area contributed by atoms with Crippen LogP contribution in [0.3, 0.4) is 0 Å². The van der Waals surface area contributed by atoms with Crippen LogP contribution < -0.4 is 10.6 Å². The Balaban J connectivity index is 2.46. The molecular weight excluding hydrogens is 509 g/mol. The molecule has 2 amide bonds. The number of urea groups is 1. The van der Waals surface area contributed by atoms with Crippen molar-refractivity contribution in [2.24, 2.45) is 15.9 Å². The smallest absolute Gasteiger partial charge is 0.386 e. The van der Waals surface area contributed by atoms with Gasteiger partial charge in [0.25, 0.3) is 0 Å². The van der Waals surface area contributed by atoms with Crippen molar-refractivity contribution in [3.05, 3.63) is 97.2 Å². The highest BCUT2D eigenvalue weighted by Gasteiger charge is 2.26. The first kappa shape index (κ1) is 30.3. The number of hydrogen-bond donors (Lipinski definition) is 3. The Hall–Kier alpha value is -4.92. The first-order valence-electron chi connectivity index (χ1n) is 11.7. The number of aliphatic imine (C=N–C) groups is 2. The zero-order valence-electron chi connectivity index (χ0n) is 21.3. The highest BCUT2D eigenvalue weighted by atomic mass is 19.4. The van der Waals surface area contributed by atoms with E-state index >= 15 is 0 Å². The number of allylic oxidation sites excluding steroid dienone is 7. The number of carbonyl (C=O) groups excluding carboxylic acids is 1. The summed E-state index contributed by atoms with van der Waals surface area (Å²) in [5.41, 5.74) is 0.863. The van der Waals surface area contributed by atoms with Gasteiger partial charge < -0.3 is 20.9 Å². The second-order valence-electron chi connectivity index (χ2n) is 8.06.